The number of nitrogens with one attached hydrogen (secondary N) is 1. The van der Waals surface area contributed by atoms with E-state index in [4.69, 9.17) is 9.26 Å². The number of rotatable bonds is 6. The van der Waals surface area contributed by atoms with Gasteiger partial charge < -0.3 is 14.6 Å². The lowest BCUT2D eigenvalue weighted by molar-refractivity contribution is 0.304. The van der Waals surface area contributed by atoms with Crippen molar-refractivity contribution in [3.63, 3.8) is 0 Å². The van der Waals surface area contributed by atoms with Crippen molar-refractivity contribution < 1.29 is 9.26 Å². The molecule has 1 aromatic carbocycles. The molecular weight excluding hydrogens is 216 g/mol. The van der Waals surface area contributed by atoms with Crippen LogP contribution in [0.4, 0.5) is 0 Å². The van der Waals surface area contributed by atoms with E-state index in [1.54, 1.807) is 12.5 Å². The van der Waals surface area contributed by atoms with Gasteiger partial charge in [0.2, 0.25) is 0 Å². The largest absolute Gasteiger partial charge is 0.489 e. The summed E-state index contributed by atoms with van der Waals surface area (Å²) in [6.45, 7) is 4.40. The van der Waals surface area contributed by atoms with Crippen LogP contribution in [-0.2, 0) is 13.2 Å². The zero-order chi connectivity index (χ0) is 11.9. The van der Waals surface area contributed by atoms with Crippen molar-refractivity contribution in [3.8, 4) is 5.75 Å². The highest BCUT2D eigenvalue weighted by Crippen LogP contribution is 2.15. The van der Waals surface area contributed by atoms with Crippen LogP contribution < -0.4 is 10.1 Å². The van der Waals surface area contributed by atoms with Gasteiger partial charge in [0.15, 0.2) is 0 Å². The molecule has 0 atom stereocenters. The molecular formula is C13H16N2O2. The van der Waals surface area contributed by atoms with E-state index in [1.807, 2.05) is 18.2 Å². The molecule has 0 amide bonds. The highest BCUT2D eigenvalue weighted by molar-refractivity contribution is 5.28. The van der Waals surface area contributed by atoms with E-state index in [0.29, 0.717) is 6.61 Å². The van der Waals surface area contributed by atoms with Crippen molar-refractivity contribution in [1.82, 2.24) is 10.5 Å². The SMILES string of the molecule is CCNCc1cccc(OCc2cnoc2)c1. The van der Waals surface area contributed by atoms with E-state index in [0.717, 1.165) is 24.4 Å². The molecule has 1 aromatic heterocycles. The summed E-state index contributed by atoms with van der Waals surface area (Å²) in [5, 5.41) is 6.91. The van der Waals surface area contributed by atoms with Gasteiger partial charge in [-0.05, 0) is 24.2 Å². The molecule has 0 saturated carbocycles. The molecule has 2 rings (SSSR count). The average Bonchev–Trinajstić information content (AvgIpc) is 2.87. The fourth-order valence-corrected chi connectivity index (χ4v) is 1.48. The maximum absolute atomic E-state index is 5.64. The van der Waals surface area contributed by atoms with E-state index in [9.17, 15) is 0 Å². The number of aromatic nitrogens is 1. The molecule has 17 heavy (non-hydrogen) atoms. The highest BCUT2D eigenvalue weighted by Gasteiger charge is 1.99. The number of benzene rings is 1. The topological polar surface area (TPSA) is 47.3 Å². The average molecular weight is 232 g/mol. The molecule has 0 bridgehead atoms. The molecule has 0 unspecified atom stereocenters. The number of ether oxygens (including phenoxy) is 1. The first-order valence-electron chi connectivity index (χ1n) is 5.69. The molecule has 4 heteroatoms. The smallest absolute Gasteiger partial charge is 0.130 e. The summed E-state index contributed by atoms with van der Waals surface area (Å²) < 4.78 is 10.4. The number of hydrogen-bond acceptors (Lipinski definition) is 4. The summed E-state index contributed by atoms with van der Waals surface area (Å²) in [6.07, 6.45) is 3.24. The molecule has 0 aliphatic rings. The Hall–Kier alpha value is -1.81. The van der Waals surface area contributed by atoms with Crippen molar-refractivity contribution in [2.24, 2.45) is 0 Å². The third-order valence-electron chi connectivity index (χ3n) is 2.37. The molecule has 90 valence electrons. The van der Waals surface area contributed by atoms with Crippen molar-refractivity contribution in [2.75, 3.05) is 6.54 Å². The van der Waals surface area contributed by atoms with Gasteiger partial charge in [-0.25, -0.2) is 0 Å². The van der Waals surface area contributed by atoms with Crippen molar-refractivity contribution >= 4 is 0 Å². The van der Waals surface area contributed by atoms with Crippen LogP contribution in [0.2, 0.25) is 0 Å². The molecule has 0 radical (unpaired) electrons. The van der Waals surface area contributed by atoms with Gasteiger partial charge in [-0.1, -0.05) is 24.2 Å². The summed E-state index contributed by atoms with van der Waals surface area (Å²) in [5.74, 6) is 0.863. The van der Waals surface area contributed by atoms with Crippen LogP contribution in [0, 0.1) is 0 Å². The summed E-state index contributed by atoms with van der Waals surface area (Å²) in [5.41, 5.74) is 2.15. The van der Waals surface area contributed by atoms with Crippen LogP contribution in [0.15, 0.2) is 41.2 Å². The molecule has 0 saturated heterocycles. The predicted octanol–water partition coefficient (Wildman–Crippen LogP) is 2.36. The monoisotopic (exact) mass is 232 g/mol. The Morgan fingerprint density at radius 3 is 3.06 bits per heavy atom. The van der Waals surface area contributed by atoms with E-state index in [1.165, 1.54) is 5.56 Å². The first kappa shape index (κ1) is 11.7. The third kappa shape index (κ3) is 3.60. The summed E-state index contributed by atoms with van der Waals surface area (Å²) in [7, 11) is 0. The van der Waals surface area contributed by atoms with Crippen LogP contribution in [0.5, 0.6) is 5.75 Å². The molecule has 0 spiro atoms. The van der Waals surface area contributed by atoms with Crippen LogP contribution in [0.3, 0.4) is 0 Å². The van der Waals surface area contributed by atoms with Gasteiger partial charge >= 0.3 is 0 Å². The molecule has 0 aliphatic carbocycles. The fraction of sp³-hybridized carbons (Fsp3) is 0.308. The minimum atomic E-state index is 0.480. The van der Waals surface area contributed by atoms with Gasteiger partial charge in [-0.15, -0.1) is 0 Å². The second kappa shape index (κ2) is 6.06. The van der Waals surface area contributed by atoms with Crippen LogP contribution in [0.1, 0.15) is 18.1 Å². The highest BCUT2D eigenvalue weighted by atomic mass is 16.5. The lowest BCUT2D eigenvalue weighted by Gasteiger charge is -2.07. The normalized spacial score (nSPS) is 10.4. The molecule has 1 N–H and O–H groups in total. The molecule has 1 heterocycles. The third-order valence-corrected chi connectivity index (χ3v) is 2.37. The second-order valence-electron chi connectivity index (χ2n) is 3.75. The number of nitrogens with zero attached hydrogens (tertiary/aromatic N) is 1. The lowest BCUT2D eigenvalue weighted by atomic mass is 10.2. The van der Waals surface area contributed by atoms with Gasteiger partial charge in [-0.2, -0.15) is 0 Å². The van der Waals surface area contributed by atoms with E-state index in [-0.39, 0.29) is 0 Å². The Morgan fingerprint density at radius 1 is 1.35 bits per heavy atom. The Bertz CT molecular complexity index is 440. The Labute approximate surface area is 101 Å². The standard InChI is InChI=1S/C13H16N2O2/c1-2-14-7-11-4-3-5-13(6-11)16-9-12-8-15-17-10-12/h3-6,8,10,14H,2,7,9H2,1H3. The first-order chi connectivity index (χ1) is 8.38. The fourth-order valence-electron chi connectivity index (χ4n) is 1.48. The van der Waals surface area contributed by atoms with Crippen LogP contribution in [0.25, 0.3) is 0 Å². The van der Waals surface area contributed by atoms with Gasteiger partial charge in [-0.3, -0.25) is 0 Å². The summed E-state index contributed by atoms with van der Waals surface area (Å²) in [6, 6.07) is 8.06. The summed E-state index contributed by atoms with van der Waals surface area (Å²) in [4.78, 5) is 0. The second-order valence-corrected chi connectivity index (χ2v) is 3.75. The quantitative estimate of drug-likeness (QED) is 0.830. The molecule has 2 aromatic rings. The Morgan fingerprint density at radius 2 is 2.29 bits per heavy atom. The Balaban J connectivity index is 1.91. The predicted molar refractivity (Wildman–Crippen MR) is 64.7 cm³/mol. The Kier molecular flexibility index (Phi) is 4.16. The molecule has 0 aliphatic heterocycles. The van der Waals surface area contributed by atoms with Gasteiger partial charge in [0, 0.05) is 12.1 Å². The van der Waals surface area contributed by atoms with Gasteiger partial charge in [0.25, 0.3) is 0 Å². The first-order valence-corrected chi connectivity index (χ1v) is 5.69. The summed E-state index contributed by atoms with van der Waals surface area (Å²) >= 11 is 0. The van der Waals surface area contributed by atoms with Gasteiger partial charge in [0.1, 0.15) is 18.6 Å². The maximum Gasteiger partial charge on any atom is 0.130 e. The van der Waals surface area contributed by atoms with Gasteiger partial charge in [0.05, 0.1) is 6.20 Å². The molecule has 0 fully saturated rings. The minimum absolute atomic E-state index is 0.480. The molecule has 4 nitrogen and oxygen atoms in total. The lowest BCUT2D eigenvalue weighted by Crippen LogP contribution is -2.11. The van der Waals surface area contributed by atoms with Crippen molar-refractivity contribution in [2.45, 2.75) is 20.1 Å². The zero-order valence-corrected chi connectivity index (χ0v) is 9.85. The van der Waals surface area contributed by atoms with E-state index in [2.05, 4.69) is 23.5 Å². The van der Waals surface area contributed by atoms with E-state index < -0.39 is 0 Å². The van der Waals surface area contributed by atoms with Crippen LogP contribution in [-0.4, -0.2) is 11.7 Å². The maximum atomic E-state index is 5.64. The van der Waals surface area contributed by atoms with Crippen LogP contribution >= 0.6 is 0 Å². The van der Waals surface area contributed by atoms with Crippen molar-refractivity contribution in [1.29, 1.82) is 0 Å². The minimum Gasteiger partial charge on any atom is -0.489 e. The number of hydrogen-bond donors (Lipinski definition) is 1. The van der Waals surface area contributed by atoms with E-state index >= 15 is 0 Å². The van der Waals surface area contributed by atoms with Crippen molar-refractivity contribution in [3.05, 3.63) is 47.9 Å². The zero-order valence-electron chi connectivity index (χ0n) is 9.85.